The average Bonchev–Trinajstić information content (AvgIpc) is 1.84. The topological polar surface area (TPSA) is 35.5 Å². The van der Waals surface area contributed by atoms with Crippen LogP contribution in [0.25, 0.3) is 0 Å². The summed E-state index contributed by atoms with van der Waals surface area (Å²) in [6.45, 7) is 7.51. The van der Waals surface area contributed by atoms with Gasteiger partial charge >= 0.3 is 0 Å². The summed E-state index contributed by atoms with van der Waals surface area (Å²) >= 11 is 0. The number of hydrogen-bond donors (Lipinski definition) is 0. The van der Waals surface area contributed by atoms with Crippen molar-refractivity contribution in [1.29, 1.82) is 0 Å². The molecule has 0 unspecified atom stereocenters. The predicted molar refractivity (Wildman–Crippen MR) is 43.8 cm³/mol. The van der Waals surface area contributed by atoms with Gasteiger partial charge in [0.1, 0.15) is 0 Å². The van der Waals surface area contributed by atoms with Crippen LogP contribution in [0.3, 0.4) is 0 Å². The molecule has 0 N–H and O–H groups in total. The van der Waals surface area contributed by atoms with Crippen molar-refractivity contribution in [2.45, 2.75) is 45.9 Å². The van der Waals surface area contributed by atoms with Gasteiger partial charge in [0.2, 0.25) is 14.5 Å². The Bertz CT molecular complexity index is 104. The zero-order chi connectivity index (χ0) is 8.85. The summed E-state index contributed by atoms with van der Waals surface area (Å²) in [5.41, 5.74) is 0. The van der Waals surface area contributed by atoms with Gasteiger partial charge in [0.05, 0.1) is 12.2 Å². The van der Waals surface area contributed by atoms with Gasteiger partial charge in [0.25, 0.3) is 0 Å². The monoisotopic (exact) mass is 178 g/mol. The van der Waals surface area contributed by atoms with E-state index in [0.717, 1.165) is 0 Å². The first-order chi connectivity index (χ1) is 5.06. The van der Waals surface area contributed by atoms with E-state index < -0.39 is 6.03 Å². The molecule has 0 saturated heterocycles. The lowest BCUT2D eigenvalue weighted by Gasteiger charge is -2.16. The molecule has 0 radical (unpaired) electrons. The van der Waals surface area contributed by atoms with Crippen LogP contribution in [0.5, 0.6) is 0 Å². The Morgan fingerprint density at radius 2 is 1.36 bits per heavy atom. The Labute approximate surface area is 69.3 Å². The van der Waals surface area contributed by atoms with E-state index in [4.69, 9.17) is 9.47 Å². The summed E-state index contributed by atoms with van der Waals surface area (Å²) in [5, 5.41) is 0. The highest BCUT2D eigenvalue weighted by atomic mass is 31.1. The minimum absolute atomic E-state index is 0.0419. The fraction of sp³-hybridized carbons (Fsp3) is 1.00. The average molecular weight is 178 g/mol. The Morgan fingerprint density at radius 3 is 1.55 bits per heavy atom. The zero-order valence-corrected chi connectivity index (χ0v) is 8.30. The Balaban J connectivity index is 3.67. The highest BCUT2D eigenvalue weighted by Gasteiger charge is 2.12. The Morgan fingerprint density at radius 1 is 1.00 bits per heavy atom. The van der Waals surface area contributed by atoms with Gasteiger partial charge in [-0.1, -0.05) is 0 Å². The van der Waals surface area contributed by atoms with Crippen LogP contribution in [0.15, 0.2) is 0 Å². The van der Waals surface area contributed by atoms with Crippen LogP contribution in [0.2, 0.25) is 0 Å². The van der Waals surface area contributed by atoms with Gasteiger partial charge in [-0.2, -0.15) is 0 Å². The third kappa shape index (κ3) is 6.42. The summed E-state index contributed by atoms with van der Waals surface area (Å²) in [5.74, 6) is 0. The molecular formula is C7H15O3P. The van der Waals surface area contributed by atoms with Crippen molar-refractivity contribution < 1.29 is 14.0 Å². The van der Waals surface area contributed by atoms with Crippen molar-refractivity contribution in [3.63, 3.8) is 0 Å². The highest BCUT2D eigenvalue weighted by Crippen LogP contribution is 2.14. The number of hydrogen-bond acceptors (Lipinski definition) is 3. The predicted octanol–water partition coefficient (Wildman–Crippen LogP) is 2.41. The summed E-state index contributed by atoms with van der Waals surface area (Å²) in [6.07, 6.45) is 0.0837. The number of ether oxygens (including phenoxy) is 2. The summed E-state index contributed by atoms with van der Waals surface area (Å²) in [4.78, 5) is 0. The van der Waals surface area contributed by atoms with E-state index in [2.05, 4.69) is 0 Å². The maximum Gasteiger partial charge on any atom is 0.240 e. The van der Waals surface area contributed by atoms with Gasteiger partial charge in [-0.15, -0.1) is 0 Å². The molecule has 0 spiro atoms. The normalized spacial score (nSPS) is 12.3. The van der Waals surface area contributed by atoms with Crippen molar-refractivity contribution >= 4 is 8.46 Å². The van der Waals surface area contributed by atoms with E-state index in [9.17, 15) is 4.57 Å². The van der Waals surface area contributed by atoms with Crippen LogP contribution in [-0.4, -0.2) is 18.2 Å². The second-order valence-corrected chi connectivity index (χ2v) is 3.41. The third-order valence-corrected chi connectivity index (χ3v) is 1.28. The van der Waals surface area contributed by atoms with Crippen LogP contribution in [0.1, 0.15) is 27.7 Å². The van der Waals surface area contributed by atoms with Gasteiger partial charge in [0, 0.05) is 0 Å². The molecule has 0 aromatic rings. The molecule has 0 heterocycles. The fourth-order valence-corrected chi connectivity index (χ4v) is 1.13. The van der Waals surface area contributed by atoms with Gasteiger partial charge < -0.3 is 9.47 Å². The van der Waals surface area contributed by atoms with Crippen molar-refractivity contribution in [2.24, 2.45) is 0 Å². The van der Waals surface area contributed by atoms with Crippen LogP contribution < -0.4 is 0 Å². The lowest BCUT2D eigenvalue weighted by atomic mass is 10.5. The minimum atomic E-state index is -0.616. The van der Waals surface area contributed by atoms with Gasteiger partial charge in [-0.25, -0.2) is 0 Å². The van der Waals surface area contributed by atoms with Crippen molar-refractivity contribution in [3.8, 4) is 0 Å². The van der Waals surface area contributed by atoms with E-state index >= 15 is 0 Å². The van der Waals surface area contributed by atoms with Gasteiger partial charge in [-0.05, 0) is 27.7 Å². The summed E-state index contributed by atoms with van der Waals surface area (Å²) < 4.78 is 20.7. The first kappa shape index (κ1) is 11.0. The Kier molecular flexibility index (Phi) is 5.65. The Hall–Kier alpha value is 0.0200. The second-order valence-electron chi connectivity index (χ2n) is 2.78. The van der Waals surface area contributed by atoms with Crippen LogP contribution in [-0.2, 0) is 14.0 Å². The summed E-state index contributed by atoms with van der Waals surface area (Å²) in [6, 6.07) is -0.616. The molecule has 0 amide bonds. The van der Waals surface area contributed by atoms with E-state index in [0.29, 0.717) is 0 Å². The van der Waals surface area contributed by atoms with E-state index in [1.54, 1.807) is 0 Å². The van der Waals surface area contributed by atoms with Crippen LogP contribution >= 0.6 is 8.46 Å². The van der Waals surface area contributed by atoms with Gasteiger partial charge in [-0.3, -0.25) is 4.57 Å². The molecule has 0 bridgehead atoms. The van der Waals surface area contributed by atoms with Crippen molar-refractivity contribution in [2.75, 3.05) is 0 Å². The SMILES string of the molecule is CC(C)OC(OC(C)C)P=O. The molecule has 11 heavy (non-hydrogen) atoms. The van der Waals surface area contributed by atoms with E-state index in [-0.39, 0.29) is 20.7 Å². The molecule has 0 aliphatic heterocycles. The number of rotatable bonds is 5. The molecule has 0 aromatic heterocycles. The van der Waals surface area contributed by atoms with Crippen LogP contribution in [0, 0.1) is 0 Å². The lowest BCUT2D eigenvalue weighted by molar-refractivity contribution is -0.129. The van der Waals surface area contributed by atoms with E-state index in [1.165, 1.54) is 0 Å². The molecule has 0 saturated carbocycles. The van der Waals surface area contributed by atoms with E-state index in [1.807, 2.05) is 27.7 Å². The van der Waals surface area contributed by atoms with Crippen molar-refractivity contribution in [3.05, 3.63) is 0 Å². The zero-order valence-electron chi connectivity index (χ0n) is 7.40. The highest BCUT2D eigenvalue weighted by molar-refractivity contribution is 7.24. The third-order valence-electron chi connectivity index (χ3n) is 0.863. The quantitative estimate of drug-likeness (QED) is 0.479. The smallest absolute Gasteiger partial charge is 0.240 e. The lowest BCUT2D eigenvalue weighted by Crippen LogP contribution is -2.19. The first-order valence-electron chi connectivity index (χ1n) is 3.69. The minimum Gasteiger partial charge on any atom is -0.340 e. The molecule has 0 fully saturated rings. The molecule has 66 valence electrons. The summed E-state index contributed by atoms with van der Waals surface area (Å²) in [7, 11) is -0.114. The van der Waals surface area contributed by atoms with Gasteiger partial charge in [0.15, 0.2) is 0 Å². The molecule has 0 aliphatic rings. The largest absolute Gasteiger partial charge is 0.340 e. The standard InChI is InChI=1S/C7H15O3P/c1-5(2)9-7(11-8)10-6(3)4/h5-7H,1-4H3. The molecule has 0 atom stereocenters. The maximum atomic E-state index is 10.4. The first-order valence-corrected chi connectivity index (χ1v) is 4.57. The maximum absolute atomic E-state index is 10.4. The fourth-order valence-electron chi connectivity index (χ4n) is 0.547. The molecular weight excluding hydrogens is 163 g/mol. The molecule has 3 nitrogen and oxygen atoms in total. The molecule has 0 rings (SSSR count). The van der Waals surface area contributed by atoms with Crippen molar-refractivity contribution in [1.82, 2.24) is 0 Å². The molecule has 4 heteroatoms. The van der Waals surface area contributed by atoms with Crippen LogP contribution in [0.4, 0.5) is 0 Å². The molecule has 0 aliphatic carbocycles. The molecule has 0 aromatic carbocycles. The second kappa shape index (κ2) is 5.64.